The van der Waals surface area contributed by atoms with Gasteiger partial charge < -0.3 is 9.72 Å². The summed E-state index contributed by atoms with van der Waals surface area (Å²) in [6.45, 7) is 0.322. The fraction of sp³-hybridized carbons (Fsp3) is 0.167. The molecule has 0 radical (unpaired) electrons. The van der Waals surface area contributed by atoms with Gasteiger partial charge in [0, 0.05) is 21.6 Å². The minimum absolute atomic E-state index is 0.251. The summed E-state index contributed by atoms with van der Waals surface area (Å²) in [5.41, 5.74) is 2.45. The first-order valence-corrected chi connectivity index (χ1v) is 8.11. The smallest absolute Gasteiger partial charge is 0.339 e. The monoisotopic (exact) mass is 375 g/mol. The first-order chi connectivity index (χ1) is 11.1. The number of aromatic nitrogens is 1. The molecule has 23 heavy (non-hydrogen) atoms. The van der Waals surface area contributed by atoms with Crippen LogP contribution in [0.3, 0.4) is 0 Å². The third-order valence-electron chi connectivity index (χ3n) is 3.65. The fourth-order valence-corrected chi connectivity index (χ4v) is 2.94. The number of rotatable bonds is 5. The van der Waals surface area contributed by atoms with Crippen LogP contribution in [0.4, 0.5) is 4.39 Å². The molecule has 0 saturated heterocycles. The van der Waals surface area contributed by atoms with Crippen molar-refractivity contribution in [1.29, 1.82) is 0 Å². The molecule has 0 saturated carbocycles. The number of hydrogen-bond acceptors (Lipinski definition) is 2. The van der Waals surface area contributed by atoms with Crippen LogP contribution in [0.15, 0.2) is 53.1 Å². The minimum Gasteiger partial charge on any atom is -0.462 e. The Balaban J connectivity index is 1.56. The molecule has 0 bridgehead atoms. The summed E-state index contributed by atoms with van der Waals surface area (Å²) in [6.07, 6.45) is 3.27. The molecule has 0 fully saturated rings. The molecular weight excluding hydrogens is 361 g/mol. The van der Waals surface area contributed by atoms with E-state index in [0.29, 0.717) is 25.0 Å². The van der Waals surface area contributed by atoms with Crippen LogP contribution < -0.4 is 0 Å². The summed E-state index contributed by atoms with van der Waals surface area (Å²) in [5, 5.41) is 0.877. The molecule has 0 spiro atoms. The van der Waals surface area contributed by atoms with Gasteiger partial charge in [0.15, 0.2) is 0 Å². The van der Waals surface area contributed by atoms with Gasteiger partial charge in [-0.05, 0) is 64.7 Å². The second kappa shape index (κ2) is 6.96. The number of esters is 1. The van der Waals surface area contributed by atoms with Crippen LogP contribution in [-0.4, -0.2) is 17.6 Å². The molecule has 3 aromatic rings. The highest BCUT2D eigenvalue weighted by Crippen LogP contribution is 2.21. The van der Waals surface area contributed by atoms with E-state index in [2.05, 4.69) is 20.9 Å². The molecule has 0 atom stereocenters. The van der Waals surface area contributed by atoms with Gasteiger partial charge in [0.1, 0.15) is 5.82 Å². The molecule has 1 N–H and O–H groups in total. The van der Waals surface area contributed by atoms with Gasteiger partial charge in [0.05, 0.1) is 12.2 Å². The second-order valence-electron chi connectivity index (χ2n) is 5.22. The molecule has 0 amide bonds. The maximum Gasteiger partial charge on any atom is 0.339 e. The Hall–Kier alpha value is -2.14. The number of carbonyl (C=O) groups excluding carboxylic acids is 1. The average molecular weight is 376 g/mol. The van der Waals surface area contributed by atoms with E-state index in [4.69, 9.17) is 4.74 Å². The summed E-state index contributed by atoms with van der Waals surface area (Å²) in [6, 6.07) is 11.8. The predicted molar refractivity (Wildman–Crippen MR) is 91.0 cm³/mol. The van der Waals surface area contributed by atoms with Gasteiger partial charge in [-0.15, -0.1) is 0 Å². The average Bonchev–Trinajstić information content (AvgIpc) is 2.94. The SMILES string of the molecule is O=C(OCCCc1c[nH]c2ccc(F)cc12)c1ccccc1Br. The zero-order valence-electron chi connectivity index (χ0n) is 12.3. The Morgan fingerprint density at radius 1 is 1.22 bits per heavy atom. The van der Waals surface area contributed by atoms with Gasteiger partial charge in [0.25, 0.3) is 0 Å². The third kappa shape index (κ3) is 3.62. The number of aryl methyl sites for hydroxylation is 1. The van der Waals surface area contributed by atoms with Crippen molar-refractivity contribution < 1.29 is 13.9 Å². The number of carbonyl (C=O) groups is 1. The van der Waals surface area contributed by atoms with Crippen LogP contribution in [0.2, 0.25) is 0 Å². The van der Waals surface area contributed by atoms with Gasteiger partial charge in [-0.25, -0.2) is 9.18 Å². The molecule has 1 heterocycles. The number of fused-ring (bicyclic) bond motifs is 1. The number of ether oxygens (including phenoxy) is 1. The Morgan fingerprint density at radius 3 is 2.87 bits per heavy atom. The van der Waals surface area contributed by atoms with Crippen LogP contribution in [0.25, 0.3) is 10.9 Å². The highest BCUT2D eigenvalue weighted by Gasteiger charge is 2.10. The lowest BCUT2D eigenvalue weighted by molar-refractivity contribution is 0.0499. The van der Waals surface area contributed by atoms with Gasteiger partial charge in [-0.1, -0.05) is 12.1 Å². The van der Waals surface area contributed by atoms with Crippen molar-refractivity contribution in [2.45, 2.75) is 12.8 Å². The molecule has 5 heteroatoms. The number of H-pyrrole nitrogens is 1. The third-order valence-corrected chi connectivity index (χ3v) is 4.34. The topological polar surface area (TPSA) is 42.1 Å². The lowest BCUT2D eigenvalue weighted by Crippen LogP contribution is -2.07. The van der Waals surface area contributed by atoms with Crippen molar-refractivity contribution >= 4 is 32.8 Å². The predicted octanol–water partition coefficient (Wildman–Crippen LogP) is 4.86. The molecule has 0 aliphatic carbocycles. The quantitative estimate of drug-likeness (QED) is 0.511. The van der Waals surface area contributed by atoms with Crippen LogP contribution >= 0.6 is 15.9 Å². The zero-order valence-corrected chi connectivity index (χ0v) is 13.9. The fourth-order valence-electron chi connectivity index (χ4n) is 2.49. The van der Waals surface area contributed by atoms with Crippen molar-refractivity contribution in [3.8, 4) is 0 Å². The largest absolute Gasteiger partial charge is 0.462 e. The highest BCUT2D eigenvalue weighted by molar-refractivity contribution is 9.10. The summed E-state index contributed by atoms with van der Waals surface area (Å²) in [5.74, 6) is -0.596. The molecule has 2 aromatic carbocycles. The summed E-state index contributed by atoms with van der Waals surface area (Å²) in [7, 11) is 0. The number of nitrogens with one attached hydrogen (secondary N) is 1. The summed E-state index contributed by atoms with van der Waals surface area (Å²) < 4.78 is 19.3. The van der Waals surface area contributed by atoms with E-state index in [-0.39, 0.29) is 11.8 Å². The molecule has 1 aromatic heterocycles. The summed E-state index contributed by atoms with van der Waals surface area (Å²) >= 11 is 3.33. The maximum atomic E-state index is 13.3. The van der Waals surface area contributed by atoms with Gasteiger partial charge in [0.2, 0.25) is 0 Å². The van der Waals surface area contributed by atoms with Crippen LogP contribution in [-0.2, 0) is 11.2 Å². The van der Waals surface area contributed by atoms with E-state index in [1.54, 1.807) is 24.3 Å². The van der Waals surface area contributed by atoms with E-state index in [0.717, 1.165) is 20.9 Å². The Bertz CT molecular complexity index is 844. The van der Waals surface area contributed by atoms with E-state index in [1.165, 1.54) is 12.1 Å². The van der Waals surface area contributed by atoms with Gasteiger partial charge in [-0.3, -0.25) is 0 Å². The molecule has 0 unspecified atom stereocenters. The number of aromatic amines is 1. The van der Waals surface area contributed by atoms with E-state index < -0.39 is 0 Å². The van der Waals surface area contributed by atoms with Gasteiger partial charge in [-0.2, -0.15) is 0 Å². The molecule has 3 nitrogen and oxygen atoms in total. The Morgan fingerprint density at radius 2 is 2.04 bits per heavy atom. The number of halogens is 2. The Kier molecular flexibility index (Phi) is 4.76. The Labute approximate surface area is 141 Å². The van der Waals surface area contributed by atoms with Crippen molar-refractivity contribution in [2.75, 3.05) is 6.61 Å². The van der Waals surface area contributed by atoms with Crippen molar-refractivity contribution in [2.24, 2.45) is 0 Å². The molecule has 118 valence electrons. The minimum atomic E-state index is -0.345. The van der Waals surface area contributed by atoms with E-state index in [9.17, 15) is 9.18 Å². The van der Waals surface area contributed by atoms with E-state index in [1.807, 2.05) is 12.3 Å². The molecule has 3 rings (SSSR count). The first-order valence-electron chi connectivity index (χ1n) is 7.32. The second-order valence-corrected chi connectivity index (χ2v) is 6.08. The van der Waals surface area contributed by atoms with Crippen molar-refractivity contribution in [3.05, 3.63) is 70.1 Å². The van der Waals surface area contributed by atoms with Crippen LogP contribution in [0.1, 0.15) is 22.3 Å². The van der Waals surface area contributed by atoms with Crippen molar-refractivity contribution in [3.63, 3.8) is 0 Å². The summed E-state index contributed by atoms with van der Waals surface area (Å²) in [4.78, 5) is 15.1. The number of hydrogen-bond donors (Lipinski definition) is 1. The van der Waals surface area contributed by atoms with Gasteiger partial charge >= 0.3 is 5.97 Å². The maximum absolute atomic E-state index is 13.3. The normalized spacial score (nSPS) is 10.9. The first kappa shape index (κ1) is 15.7. The lowest BCUT2D eigenvalue weighted by Gasteiger charge is -2.06. The molecule has 0 aliphatic rings. The standard InChI is InChI=1S/C18H15BrFNO2/c19-16-6-2-1-5-14(16)18(22)23-9-3-4-12-11-21-17-8-7-13(20)10-15(12)17/h1-2,5-8,10-11,21H,3-4,9H2. The van der Waals surface area contributed by atoms with E-state index >= 15 is 0 Å². The molecule has 0 aliphatic heterocycles. The van der Waals surface area contributed by atoms with Crippen LogP contribution in [0.5, 0.6) is 0 Å². The van der Waals surface area contributed by atoms with Crippen LogP contribution in [0, 0.1) is 5.82 Å². The van der Waals surface area contributed by atoms with Crippen molar-refractivity contribution in [1.82, 2.24) is 4.98 Å². The molecular formula is C18H15BrFNO2. The number of benzene rings is 2. The zero-order chi connectivity index (χ0) is 16.2. The highest BCUT2D eigenvalue weighted by atomic mass is 79.9. The lowest BCUT2D eigenvalue weighted by atomic mass is 10.1.